The molecule has 0 aromatic rings. The van der Waals surface area contributed by atoms with Gasteiger partial charge in [0.25, 0.3) is 0 Å². The van der Waals surface area contributed by atoms with Crippen molar-refractivity contribution >= 4 is 6.34 Å². The van der Waals surface area contributed by atoms with Crippen molar-refractivity contribution in [1.29, 1.82) is 0 Å². The Morgan fingerprint density at radius 1 is 1.29 bits per heavy atom. The molecule has 3 aliphatic rings. The number of nitrogens with zero attached hydrogens (tertiary/aromatic N) is 2. The maximum absolute atomic E-state index is 9.56. The molecule has 0 spiro atoms. The molecule has 0 aromatic heterocycles. The molecule has 5 heteroatoms. The van der Waals surface area contributed by atoms with Crippen molar-refractivity contribution in [2.45, 2.75) is 19.0 Å². The van der Waals surface area contributed by atoms with E-state index in [2.05, 4.69) is 20.5 Å². The summed E-state index contributed by atoms with van der Waals surface area (Å²) in [5.74, 6) is 0.464. The predicted molar refractivity (Wildman–Crippen MR) is 66.8 cm³/mol. The lowest BCUT2D eigenvalue weighted by atomic mass is 9.96. The zero-order valence-electron chi connectivity index (χ0n) is 9.82. The average Bonchev–Trinajstić information content (AvgIpc) is 2.39. The Balaban J connectivity index is 1.84. The van der Waals surface area contributed by atoms with Crippen LogP contribution in [0.2, 0.25) is 0 Å². The van der Waals surface area contributed by atoms with Crippen LogP contribution >= 0.6 is 0 Å². The van der Waals surface area contributed by atoms with E-state index >= 15 is 0 Å². The first kappa shape index (κ1) is 10.8. The van der Waals surface area contributed by atoms with Crippen LogP contribution < -0.4 is 10.6 Å². The molecule has 3 N–H and O–H groups in total. The normalized spacial score (nSPS) is 29.6. The molecule has 5 nitrogen and oxygen atoms in total. The Labute approximate surface area is 101 Å². The Kier molecular flexibility index (Phi) is 2.86. The second-order valence-corrected chi connectivity index (χ2v) is 4.66. The Morgan fingerprint density at radius 3 is 2.94 bits per heavy atom. The van der Waals surface area contributed by atoms with E-state index in [1.54, 1.807) is 6.34 Å². The van der Waals surface area contributed by atoms with E-state index < -0.39 is 0 Å². The number of nitrogens with one attached hydrogen (secondary N) is 2. The quantitative estimate of drug-likeness (QED) is 0.612. The monoisotopic (exact) mass is 234 g/mol. The summed E-state index contributed by atoms with van der Waals surface area (Å²) in [5.41, 5.74) is 2.35. The minimum atomic E-state index is 0.165. The lowest BCUT2D eigenvalue weighted by Crippen LogP contribution is -2.50. The van der Waals surface area contributed by atoms with Gasteiger partial charge in [-0.3, -0.25) is 9.89 Å². The number of hydrogen-bond donors (Lipinski definition) is 3. The van der Waals surface area contributed by atoms with Crippen LogP contribution in [0.5, 0.6) is 0 Å². The fraction of sp³-hybridized carbons (Fsp3) is 0.583. The highest BCUT2D eigenvalue weighted by atomic mass is 16.3. The lowest BCUT2D eigenvalue weighted by Gasteiger charge is -2.37. The molecule has 0 radical (unpaired) electrons. The van der Waals surface area contributed by atoms with Gasteiger partial charge in [0, 0.05) is 38.3 Å². The number of allylic oxidation sites excluding steroid dienone is 2. The SMILES string of the molecule is OC1=CC2=C(CC1)C(N1CCNCC1)N=CN2. The molecule has 3 rings (SSSR count). The number of aliphatic imine (C=N–C) groups is 1. The van der Waals surface area contributed by atoms with Gasteiger partial charge in [0.1, 0.15) is 6.17 Å². The third-order valence-corrected chi connectivity index (χ3v) is 3.55. The Morgan fingerprint density at radius 2 is 2.12 bits per heavy atom. The van der Waals surface area contributed by atoms with E-state index in [9.17, 15) is 5.11 Å². The molecule has 0 amide bonds. The van der Waals surface area contributed by atoms with Gasteiger partial charge in [-0.15, -0.1) is 0 Å². The van der Waals surface area contributed by atoms with Gasteiger partial charge in [-0.2, -0.15) is 0 Å². The van der Waals surface area contributed by atoms with Crippen LogP contribution in [0.1, 0.15) is 12.8 Å². The van der Waals surface area contributed by atoms with Crippen LogP contribution in [0, 0.1) is 0 Å². The number of aliphatic hydroxyl groups excluding tert-OH is 1. The summed E-state index contributed by atoms with van der Waals surface area (Å²) in [7, 11) is 0. The van der Waals surface area contributed by atoms with Crippen molar-refractivity contribution in [3.63, 3.8) is 0 Å². The summed E-state index contributed by atoms with van der Waals surface area (Å²) < 4.78 is 0. The summed E-state index contributed by atoms with van der Waals surface area (Å²) in [6, 6.07) is 0. The maximum Gasteiger partial charge on any atom is 0.128 e. The third-order valence-electron chi connectivity index (χ3n) is 3.55. The van der Waals surface area contributed by atoms with Crippen molar-refractivity contribution in [3.05, 3.63) is 23.1 Å². The first-order valence-corrected chi connectivity index (χ1v) is 6.20. The van der Waals surface area contributed by atoms with E-state index in [-0.39, 0.29) is 6.17 Å². The van der Waals surface area contributed by atoms with Gasteiger partial charge >= 0.3 is 0 Å². The van der Waals surface area contributed by atoms with Crippen LogP contribution in [0.4, 0.5) is 0 Å². The lowest BCUT2D eigenvalue weighted by molar-refractivity contribution is 0.193. The van der Waals surface area contributed by atoms with Gasteiger partial charge in [-0.05, 0) is 18.1 Å². The first-order valence-electron chi connectivity index (χ1n) is 6.20. The standard InChI is InChI=1S/C12H18N4O/c17-9-1-2-10-11(7-9)14-8-15-12(10)16-5-3-13-4-6-16/h7-8,12-13,17H,1-6H2,(H,14,15). The smallest absolute Gasteiger partial charge is 0.128 e. The molecular formula is C12H18N4O. The van der Waals surface area contributed by atoms with E-state index in [1.807, 2.05) is 6.08 Å². The molecule has 1 fully saturated rings. The van der Waals surface area contributed by atoms with Gasteiger partial charge in [-0.25, -0.2) is 0 Å². The van der Waals surface area contributed by atoms with E-state index in [0.29, 0.717) is 5.76 Å². The number of rotatable bonds is 1. The highest BCUT2D eigenvalue weighted by Crippen LogP contribution is 2.28. The summed E-state index contributed by atoms with van der Waals surface area (Å²) in [6.07, 6.45) is 5.38. The molecule has 1 unspecified atom stereocenters. The highest BCUT2D eigenvalue weighted by Gasteiger charge is 2.28. The Hall–Kier alpha value is -1.33. The van der Waals surface area contributed by atoms with Crippen LogP contribution in [0.15, 0.2) is 28.1 Å². The van der Waals surface area contributed by atoms with Crippen molar-refractivity contribution < 1.29 is 5.11 Å². The van der Waals surface area contributed by atoms with Gasteiger partial charge < -0.3 is 15.7 Å². The Bertz CT molecular complexity index is 393. The van der Waals surface area contributed by atoms with Crippen LogP contribution in [0.25, 0.3) is 0 Å². The molecule has 0 bridgehead atoms. The molecule has 2 heterocycles. The van der Waals surface area contributed by atoms with Gasteiger partial charge in [0.2, 0.25) is 0 Å². The topological polar surface area (TPSA) is 59.9 Å². The molecule has 92 valence electrons. The highest BCUT2D eigenvalue weighted by molar-refractivity contribution is 5.63. The van der Waals surface area contributed by atoms with Crippen LogP contribution in [-0.2, 0) is 0 Å². The van der Waals surface area contributed by atoms with E-state index in [1.165, 1.54) is 5.57 Å². The second kappa shape index (κ2) is 4.50. The fourth-order valence-electron chi connectivity index (χ4n) is 2.64. The van der Waals surface area contributed by atoms with Crippen molar-refractivity contribution in [2.75, 3.05) is 26.2 Å². The summed E-state index contributed by atoms with van der Waals surface area (Å²) in [5, 5.41) is 16.0. The number of piperazine rings is 1. The molecule has 0 aromatic carbocycles. The molecule has 0 saturated carbocycles. The minimum Gasteiger partial charge on any atom is -0.512 e. The zero-order valence-corrected chi connectivity index (χ0v) is 9.82. The molecule has 1 aliphatic carbocycles. The summed E-state index contributed by atoms with van der Waals surface area (Å²) >= 11 is 0. The molecule has 1 atom stereocenters. The van der Waals surface area contributed by atoms with Gasteiger partial charge in [-0.1, -0.05) is 0 Å². The van der Waals surface area contributed by atoms with Crippen molar-refractivity contribution in [3.8, 4) is 0 Å². The fourth-order valence-corrected chi connectivity index (χ4v) is 2.64. The van der Waals surface area contributed by atoms with Crippen molar-refractivity contribution in [1.82, 2.24) is 15.5 Å². The van der Waals surface area contributed by atoms with Gasteiger partial charge in [0.05, 0.1) is 12.1 Å². The zero-order chi connectivity index (χ0) is 11.7. The summed E-state index contributed by atoms with van der Waals surface area (Å²) in [6.45, 7) is 4.13. The molecule has 1 saturated heterocycles. The van der Waals surface area contributed by atoms with Crippen LogP contribution in [0.3, 0.4) is 0 Å². The second-order valence-electron chi connectivity index (χ2n) is 4.66. The molecular weight excluding hydrogens is 216 g/mol. The summed E-state index contributed by atoms with van der Waals surface area (Å²) in [4.78, 5) is 6.96. The number of hydrogen-bond acceptors (Lipinski definition) is 5. The van der Waals surface area contributed by atoms with Gasteiger partial charge in [0.15, 0.2) is 0 Å². The predicted octanol–water partition coefficient (Wildman–Crippen LogP) is 0.339. The average molecular weight is 234 g/mol. The molecule has 2 aliphatic heterocycles. The first-order chi connectivity index (χ1) is 8.34. The minimum absolute atomic E-state index is 0.165. The maximum atomic E-state index is 9.56. The third kappa shape index (κ3) is 2.08. The van der Waals surface area contributed by atoms with Crippen molar-refractivity contribution in [2.24, 2.45) is 4.99 Å². The van der Waals surface area contributed by atoms with Crippen LogP contribution in [-0.4, -0.2) is 48.7 Å². The van der Waals surface area contributed by atoms with E-state index in [4.69, 9.17) is 0 Å². The molecule has 17 heavy (non-hydrogen) atoms. The number of aliphatic hydroxyl groups is 1. The van der Waals surface area contributed by atoms with E-state index in [0.717, 1.165) is 44.7 Å². The largest absolute Gasteiger partial charge is 0.512 e.